The number of hydrogen-bond acceptors (Lipinski definition) is 5. The number of nitrogens with zero attached hydrogens (tertiary/aromatic N) is 1. The van der Waals surface area contributed by atoms with Crippen molar-refractivity contribution in [2.24, 2.45) is 0 Å². The van der Waals surface area contributed by atoms with Crippen molar-refractivity contribution < 1.29 is 14.3 Å². The summed E-state index contributed by atoms with van der Waals surface area (Å²) in [4.78, 5) is 18.2. The number of aromatic nitrogens is 1. The van der Waals surface area contributed by atoms with Crippen LogP contribution in [0.25, 0.3) is 11.3 Å². The maximum Gasteiger partial charge on any atom is 0.257 e. The first-order valence-electron chi connectivity index (χ1n) is 8.20. The summed E-state index contributed by atoms with van der Waals surface area (Å²) < 4.78 is 10.4. The van der Waals surface area contributed by atoms with E-state index in [1.807, 2.05) is 38.1 Å². The van der Waals surface area contributed by atoms with E-state index in [-0.39, 0.29) is 5.91 Å². The van der Waals surface area contributed by atoms with E-state index in [9.17, 15) is 4.79 Å². The number of methoxy groups -OCH3 is 2. The number of amides is 1. The van der Waals surface area contributed by atoms with E-state index in [4.69, 9.17) is 21.1 Å². The van der Waals surface area contributed by atoms with Crippen molar-refractivity contribution >= 4 is 34.0 Å². The molecular formula is C20H19ClN2O3S. The van der Waals surface area contributed by atoms with Crippen molar-refractivity contribution in [2.45, 2.75) is 13.8 Å². The molecule has 1 heterocycles. The zero-order valence-corrected chi connectivity index (χ0v) is 17.0. The molecule has 0 spiro atoms. The number of halogens is 1. The number of carbonyl (C=O) groups is 1. The number of ether oxygens (including phenoxy) is 2. The minimum Gasteiger partial charge on any atom is -0.493 e. The van der Waals surface area contributed by atoms with Crippen LogP contribution in [0.5, 0.6) is 11.5 Å². The highest BCUT2D eigenvalue weighted by atomic mass is 35.5. The summed E-state index contributed by atoms with van der Waals surface area (Å²) in [6, 6.07) is 11.3. The van der Waals surface area contributed by atoms with E-state index < -0.39 is 0 Å². The number of carbonyl (C=O) groups excluding carboxylic acids is 1. The highest BCUT2D eigenvalue weighted by Gasteiger charge is 2.17. The quantitative estimate of drug-likeness (QED) is 0.624. The van der Waals surface area contributed by atoms with Gasteiger partial charge in [-0.25, -0.2) is 4.98 Å². The first-order chi connectivity index (χ1) is 12.9. The van der Waals surface area contributed by atoms with Crippen LogP contribution < -0.4 is 14.8 Å². The lowest BCUT2D eigenvalue weighted by molar-refractivity contribution is 0.102. The molecule has 0 aliphatic heterocycles. The van der Waals surface area contributed by atoms with Crippen molar-refractivity contribution in [3.8, 4) is 22.8 Å². The molecule has 0 bridgehead atoms. The summed E-state index contributed by atoms with van der Waals surface area (Å²) in [5.41, 5.74) is 3.43. The van der Waals surface area contributed by atoms with Crippen LogP contribution in [-0.2, 0) is 0 Å². The summed E-state index contributed by atoms with van der Waals surface area (Å²) >= 11 is 7.61. The summed E-state index contributed by atoms with van der Waals surface area (Å²) in [6.45, 7) is 4.02. The van der Waals surface area contributed by atoms with Gasteiger partial charge in [0.15, 0.2) is 16.6 Å². The molecule has 2 aromatic carbocycles. The molecule has 0 radical (unpaired) electrons. The summed E-state index contributed by atoms with van der Waals surface area (Å²) in [7, 11) is 2.99. The Bertz CT molecular complexity index is 984. The Morgan fingerprint density at radius 1 is 1.11 bits per heavy atom. The molecule has 0 aliphatic carbocycles. The monoisotopic (exact) mass is 402 g/mol. The molecule has 1 aromatic heterocycles. The molecule has 0 saturated carbocycles. The Morgan fingerprint density at radius 3 is 2.44 bits per heavy atom. The maximum atomic E-state index is 12.6. The third-order valence-corrected chi connectivity index (χ3v) is 5.20. The second-order valence-corrected chi connectivity index (χ2v) is 7.55. The van der Waals surface area contributed by atoms with Gasteiger partial charge in [-0.2, -0.15) is 0 Å². The fourth-order valence-corrected chi connectivity index (χ4v) is 3.77. The van der Waals surface area contributed by atoms with Crippen LogP contribution >= 0.6 is 22.9 Å². The van der Waals surface area contributed by atoms with Gasteiger partial charge in [0.25, 0.3) is 5.91 Å². The lowest BCUT2D eigenvalue weighted by atomic mass is 10.1. The number of rotatable bonds is 5. The molecule has 0 atom stereocenters. The molecule has 0 fully saturated rings. The summed E-state index contributed by atoms with van der Waals surface area (Å²) in [5.74, 6) is 0.468. The van der Waals surface area contributed by atoms with Crippen molar-refractivity contribution in [1.82, 2.24) is 4.98 Å². The molecule has 5 nitrogen and oxygen atoms in total. The number of aryl methyl sites for hydroxylation is 2. The van der Waals surface area contributed by atoms with E-state index in [1.54, 1.807) is 12.1 Å². The molecule has 0 unspecified atom stereocenters. The van der Waals surface area contributed by atoms with Crippen LogP contribution in [0.3, 0.4) is 0 Å². The number of hydrogen-bond donors (Lipinski definition) is 1. The third kappa shape index (κ3) is 4.07. The fraction of sp³-hybridized carbons (Fsp3) is 0.200. The number of thiazole rings is 1. The Hall–Kier alpha value is -2.57. The van der Waals surface area contributed by atoms with Gasteiger partial charge in [-0.05, 0) is 26.0 Å². The molecule has 3 aromatic rings. The van der Waals surface area contributed by atoms with Crippen LogP contribution in [0.2, 0.25) is 5.02 Å². The normalized spacial score (nSPS) is 10.6. The third-order valence-electron chi connectivity index (χ3n) is 4.04. The minimum absolute atomic E-state index is 0.303. The van der Waals surface area contributed by atoms with Crippen LogP contribution in [0.4, 0.5) is 5.13 Å². The molecule has 3 rings (SSSR count). The van der Waals surface area contributed by atoms with Gasteiger partial charge in [0.05, 0.1) is 24.9 Å². The molecule has 1 N–H and O–H groups in total. The zero-order valence-electron chi connectivity index (χ0n) is 15.4. The predicted octanol–water partition coefficient (Wildman–Crippen LogP) is 5.35. The van der Waals surface area contributed by atoms with Crippen molar-refractivity contribution in [1.29, 1.82) is 0 Å². The van der Waals surface area contributed by atoms with Gasteiger partial charge >= 0.3 is 0 Å². The van der Waals surface area contributed by atoms with E-state index in [0.29, 0.717) is 27.2 Å². The molecule has 0 saturated heterocycles. The Labute approximate surface area is 166 Å². The van der Waals surface area contributed by atoms with Gasteiger partial charge in [0, 0.05) is 16.0 Å². The van der Waals surface area contributed by atoms with Crippen LogP contribution in [0, 0.1) is 13.8 Å². The number of nitrogens with one attached hydrogen (secondary N) is 1. The van der Waals surface area contributed by atoms with Crippen molar-refractivity contribution in [2.75, 3.05) is 19.5 Å². The Morgan fingerprint density at radius 2 is 1.81 bits per heavy atom. The molecule has 0 aliphatic rings. The van der Waals surface area contributed by atoms with Gasteiger partial charge in [-0.3, -0.25) is 10.1 Å². The molecule has 1 amide bonds. The fourth-order valence-electron chi connectivity index (χ4n) is 2.65. The predicted molar refractivity (Wildman–Crippen MR) is 110 cm³/mol. The van der Waals surface area contributed by atoms with E-state index in [1.165, 1.54) is 31.1 Å². The lowest BCUT2D eigenvalue weighted by Crippen LogP contribution is -2.12. The lowest BCUT2D eigenvalue weighted by Gasteiger charge is -2.11. The van der Waals surface area contributed by atoms with Crippen molar-refractivity contribution in [3.05, 3.63) is 57.4 Å². The van der Waals surface area contributed by atoms with Gasteiger partial charge in [0.2, 0.25) is 0 Å². The minimum atomic E-state index is -0.318. The second-order valence-electron chi connectivity index (χ2n) is 5.94. The first-order valence-corrected chi connectivity index (χ1v) is 9.39. The zero-order chi connectivity index (χ0) is 19.6. The Kier molecular flexibility index (Phi) is 5.68. The average Bonchev–Trinajstić information content (AvgIpc) is 3.01. The molecule has 140 valence electrons. The molecular weight excluding hydrogens is 384 g/mol. The summed E-state index contributed by atoms with van der Waals surface area (Å²) in [5, 5.41) is 3.66. The largest absolute Gasteiger partial charge is 0.493 e. The van der Waals surface area contributed by atoms with Gasteiger partial charge in [-0.15, -0.1) is 11.3 Å². The van der Waals surface area contributed by atoms with Crippen LogP contribution in [0.15, 0.2) is 36.4 Å². The van der Waals surface area contributed by atoms with Gasteiger partial charge in [0.1, 0.15) is 0 Å². The highest BCUT2D eigenvalue weighted by Crippen LogP contribution is 2.36. The highest BCUT2D eigenvalue weighted by molar-refractivity contribution is 7.16. The second kappa shape index (κ2) is 7.98. The Balaban J connectivity index is 1.86. The van der Waals surface area contributed by atoms with Crippen LogP contribution in [-0.4, -0.2) is 25.1 Å². The van der Waals surface area contributed by atoms with E-state index in [2.05, 4.69) is 10.3 Å². The molecule has 7 heteroatoms. The van der Waals surface area contributed by atoms with Crippen LogP contribution in [0.1, 0.15) is 20.8 Å². The number of benzene rings is 2. The standard InChI is InChI=1S/C20H19ClN2O3S/c1-11-5-7-13(8-6-11)17-12(2)27-20(22-17)23-19(24)14-9-15(21)18(26-4)16(10-14)25-3/h5-10H,1-4H3,(H,22,23,24). The summed E-state index contributed by atoms with van der Waals surface area (Å²) in [6.07, 6.45) is 0. The van der Waals surface area contributed by atoms with Gasteiger partial charge in [-0.1, -0.05) is 41.4 Å². The molecule has 27 heavy (non-hydrogen) atoms. The smallest absolute Gasteiger partial charge is 0.257 e. The van der Waals surface area contributed by atoms with E-state index >= 15 is 0 Å². The van der Waals surface area contributed by atoms with Gasteiger partial charge < -0.3 is 9.47 Å². The van der Waals surface area contributed by atoms with Crippen molar-refractivity contribution in [3.63, 3.8) is 0 Å². The van der Waals surface area contributed by atoms with E-state index in [0.717, 1.165) is 16.1 Å². The SMILES string of the molecule is COc1cc(C(=O)Nc2nc(-c3ccc(C)cc3)c(C)s2)cc(Cl)c1OC. The topological polar surface area (TPSA) is 60.5 Å². The number of anilines is 1. The maximum absolute atomic E-state index is 12.6. The first kappa shape index (κ1) is 19.2. The average molecular weight is 403 g/mol.